The van der Waals surface area contributed by atoms with Gasteiger partial charge in [0.25, 0.3) is 0 Å². The first-order valence-electron chi connectivity index (χ1n) is 4.46. The number of alkyl carbamates (subject to hydrolysis) is 1. The molecule has 1 spiro atoms. The number of amides is 1. The van der Waals surface area contributed by atoms with Crippen LogP contribution in [0.15, 0.2) is 0 Å². The molecule has 1 atom stereocenters. The zero-order chi connectivity index (χ0) is 8.44. The van der Waals surface area contributed by atoms with Crippen LogP contribution in [-0.2, 0) is 4.74 Å². The van der Waals surface area contributed by atoms with Crippen LogP contribution in [0.1, 0.15) is 19.3 Å². The van der Waals surface area contributed by atoms with Crippen LogP contribution in [0.3, 0.4) is 0 Å². The quantitative estimate of drug-likeness (QED) is 0.547. The fourth-order valence-electron chi connectivity index (χ4n) is 1.94. The molecule has 2 saturated heterocycles. The third-order valence-electron chi connectivity index (χ3n) is 2.65. The first kappa shape index (κ1) is 7.86. The summed E-state index contributed by atoms with van der Waals surface area (Å²) in [5.41, 5.74) is -0.00637. The van der Waals surface area contributed by atoms with Crippen molar-refractivity contribution in [2.75, 3.05) is 19.7 Å². The van der Waals surface area contributed by atoms with Gasteiger partial charge in [0.15, 0.2) is 0 Å². The van der Waals surface area contributed by atoms with Gasteiger partial charge < -0.3 is 15.4 Å². The number of rotatable bonds is 0. The van der Waals surface area contributed by atoms with Crippen LogP contribution in [-0.4, -0.2) is 31.3 Å². The molecule has 68 valence electrons. The normalized spacial score (nSPS) is 35.8. The topological polar surface area (TPSA) is 50.4 Å². The van der Waals surface area contributed by atoms with Crippen molar-refractivity contribution in [2.45, 2.75) is 24.8 Å². The minimum absolute atomic E-state index is 0.00637. The van der Waals surface area contributed by atoms with Crippen molar-refractivity contribution in [3.63, 3.8) is 0 Å². The highest BCUT2D eigenvalue weighted by Crippen LogP contribution is 2.22. The Morgan fingerprint density at radius 1 is 1.42 bits per heavy atom. The summed E-state index contributed by atoms with van der Waals surface area (Å²) in [6.07, 6.45) is 2.89. The van der Waals surface area contributed by atoms with E-state index in [1.165, 1.54) is 0 Å². The Morgan fingerprint density at radius 3 is 3.00 bits per heavy atom. The van der Waals surface area contributed by atoms with Crippen LogP contribution in [0.4, 0.5) is 4.79 Å². The maximum Gasteiger partial charge on any atom is 0.407 e. The summed E-state index contributed by atoms with van der Waals surface area (Å²) >= 11 is 0. The van der Waals surface area contributed by atoms with Gasteiger partial charge in [-0.3, -0.25) is 0 Å². The van der Waals surface area contributed by atoms with Crippen LogP contribution in [0.2, 0.25) is 0 Å². The first-order chi connectivity index (χ1) is 5.81. The molecule has 0 unspecified atom stereocenters. The molecule has 2 N–H and O–H groups in total. The maximum atomic E-state index is 11.0. The second kappa shape index (κ2) is 2.94. The average Bonchev–Trinajstić information content (AvgIpc) is 2.05. The molecule has 4 heteroatoms. The van der Waals surface area contributed by atoms with Gasteiger partial charge in [-0.15, -0.1) is 0 Å². The molecular weight excluding hydrogens is 156 g/mol. The van der Waals surface area contributed by atoms with E-state index in [0.717, 1.165) is 32.4 Å². The Morgan fingerprint density at radius 2 is 2.33 bits per heavy atom. The average molecular weight is 170 g/mol. The predicted octanol–water partition coefficient (Wildman–Crippen LogP) is 0.238. The van der Waals surface area contributed by atoms with E-state index < -0.39 is 0 Å². The van der Waals surface area contributed by atoms with Gasteiger partial charge in [-0.25, -0.2) is 4.79 Å². The molecule has 0 bridgehead atoms. The minimum atomic E-state index is -0.259. The van der Waals surface area contributed by atoms with Gasteiger partial charge in [0.2, 0.25) is 0 Å². The van der Waals surface area contributed by atoms with Gasteiger partial charge >= 0.3 is 6.09 Å². The Kier molecular flexibility index (Phi) is 1.92. The van der Waals surface area contributed by atoms with Crippen molar-refractivity contribution in [1.29, 1.82) is 0 Å². The molecule has 2 aliphatic heterocycles. The number of piperidine rings is 1. The monoisotopic (exact) mass is 170 g/mol. The number of hydrogen-bond donors (Lipinski definition) is 2. The van der Waals surface area contributed by atoms with Crippen LogP contribution in [0.25, 0.3) is 0 Å². The lowest BCUT2D eigenvalue weighted by Crippen LogP contribution is -2.60. The molecule has 0 aromatic carbocycles. The summed E-state index contributed by atoms with van der Waals surface area (Å²) < 4.78 is 4.83. The van der Waals surface area contributed by atoms with E-state index in [-0.39, 0.29) is 11.6 Å². The van der Waals surface area contributed by atoms with E-state index in [1.807, 2.05) is 0 Å². The molecule has 0 radical (unpaired) electrons. The van der Waals surface area contributed by atoms with Crippen LogP contribution >= 0.6 is 0 Å². The highest BCUT2D eigenvalue weighted by molar-refractivity contribution is 5.69. The Labute approximate surface area is 71.7 Å². The van der Waals surface area contributed by atoms with Crippen molar-refractivity contribution < 1.29 is 9.53 Å². The van der Waals surface area contributed by atoms with Gasteiger partial charge in [-0.05, 0) is 19.4 Å². The SMILES string of the molecule is O=C1N[C@]2(CCCNC2)CCO1. The van der Waals surface area contributed by atoms with Crippen molar-refractivity contribution in [3.8, 4) is 0 Å². The minimum Gasteiger partial charge on any atom is -0.449 e. The van der Waals surface area contributed by atoms with Gasteiger partial charge in [-0.1, -0.05) is 0 Å². The van der Waals surface area contributed by atoms with Crippen molar-refractivity contribution in [1.82, 2.24) is 10.6 Å². The van der Waals surface area contributed by atoms with Gasteiger partial charge in [0.1, 0.15) is 0 Å². The van der Waals surface area contributed by atoms with Gasteiger partial charge in [-0.2, -0.15) is 0 Å². The third-order valence-corrected chi connectivity index (χ3v) is 2.65. The molecule has 4 nitrogen and oxygen atoms in total. The lowest BCUT2D eigenvalue weighted by atomic mass is 9.86. The smallest absolute Gasteiger partial charge is 0.407 e. The number of hydrogen-bond acceptors (Lipinski definition) is 3. The lowest BCUT2D eigenvalue weighted by molar-refractivity contribution is 0.0765. The van der Waals surface area contributed by atoms with E-state index in [0.29, 0.717) is 6.61 Å². The number of carbonyl (C=O) groups is 1. The number of nitrogens with one attached hydrogen (secondary N) is 2. The Bertz CT molecular complexity index is 182. The van der Waals surface area contributed by atoms with E-state index in [4.69, 9.17) is 4.74 Å². The zero-order valence-corrected chi connectivity index (χ0v) is 7.06. The highest BCUT2D eigenvalue weighted by atomic mass is 16.6. The molecule has 0 aromatic heterocycles. The van der Waals surface area contributed by atoms with Crippen molar-refractivity contribution in [3.05, 3.63) is 0 Å². The van der Waals surface area contributed by atoms with E-state index >= 15 is 0 Å². The molecular formula is C8H14N2O2. The zero-order valence-electron chi connectivity index (χ0n) is 7.06. The van der Waals surface area contributed by atoms with Crippen LogP contribution < -0.4 is 10.6 Å². The third kappa shape index (κ3) is 1.39. The summed E-state index contributed by atoms with van der Waals surface area (Å²) in [6.45, 7) is 2.52. The molecule has 0 aromatic rings. The van der Waals surface area contributed by atoms with Crippen LogP contribution in [0.5, 0.6) is 0 Å². The van der Waals surface area contributed by atoms with Gasteiger partial charge in [0.05, 0.1) is 12.1 Å². The molecule has 0 saturated carbocycles. The first-order valence-corrected chi connectivity index (χ1v) is 4.46. The lowest BCUT2D eigenvalue weighted by Gasteiger charge is -2.40. The van der Waals surface area contributed by atoms with Crippen molar-refractivity contribution in [2.24, 2.45) is 0 Å². The summed E-state index contributed by atoms with van der Waals surface area (Å²) in [6, 6.07) is 0. The largest absolute Gasteiger partial charge is 0.449 e. The maximum absolute atomic E-state index is 11.0. The summed E-state index contributed by atoms with van der Waals surface area (Å²) in [4.78, 5) is 11.0. The Balaban J connectivity index is 2.02. The summed E-state index contributed by atoms with van der Waals surface area (Å²) in [7, 11) is 0. The van der Waals surface area contributed by atoms with Crippen LogP contribution in [0, 0.1) is 0 Å². The Hall–Kier alpha value is -0.770. The molecule has 2 fully saturated rings. The highest BCUT2D eigenvalue weighted by Gasteiger charge is 2.36. The van der Waals surface area contributed by atoms with Gasteiger partial charge in [0, 0.05) is 13.0 Å². The second-order valence-electron chi connectivity index (χ2n) is 3.57. The standard InChI is InChI=1S/C8H14N2O2/c11-7-10-8(3-5-12-7)2-1-4-9-6-8/h9H,1-6H2,(H,10,11)/t8-/m1/s1. The molecule has 2 heterocycles. The van der Waals surface area contributed by atoms with E-state index in [9.17, 15) is 4.79 Å². The summed E-state index contributed by atoms with van der Waals surface area (Å²) in [5, 5.41) is 6.20. The molecule has 0 aliphatic carbocycles. The fourth-order valence-corrected chi connectivity index (χ4v) is 1.94. The number of cyclic esters (lactones) is 1. The van der Waals surface area contributed by atoms with Crippen molar-refractivity contribution >= 4 is 6.09 Å². The molecule has 1 amide bonds. The number of ether oxygens (including phenoxy) is 1. The summed E-state index contributed by atoms with van der Waals surface area (Å²) in [5.74, 6) is 0. The number of carbonyl (C=O) groups excluding carboxylic acids is 1. The van der Waals surface area contributed by atoms with E-state index in [1.54, 1.807) is 0 Å². The molecule has 12 heavy (non-hydrogen) atoms. The molecule has 2 rings (SSSR count). The molecule has 2 aliphatic rings. The fraction of sp³-hybridized carbons (Fsp3) is 0.875. The second-order valence-corrected chi connectivity index (χ2v) is 3.57. The predicted molar refractivity (Wildman–Crippen MR) is 43.9 cm³/mol. The van der Waals surface area contributed by atoms with E-state index in [2.05, 4.69) is 10.6 Å².